The van der Waals surface area contributed by atoms with Crippen molar-refractivity contribution in [3.8, 4) is 11.5 Å². The summed E-state index contributed by atoms with van der Waals surface area (Å²) >= 11 is 6.21. The van der Waals surface area contributed by atoms with Crippen LogP contribution in [0.2, 0.25) is 5.02 Å². The molecule has 1 aliphatic rings. The zero-order valence-corrected chi connectivity index (χ0v) is 12.7. The van der Waals surface area contributed by atoms with E-state index in [2.05, 4.69) is 5.32 Å². The van der Waals surface area contributed by atoms with Gasteiger partial charge in [-0.3, -0.25) is 0 Å². The largest absolute Gasteiger partial charge is 0.486 e. The molecule has 2 rings (SSSR count). The molecule has 0 unspecified atom stereocenters. The molecule has 1 heterocycles. The van der Waals surface area contributed by atoms with E-state index < -0.39 is 0 Å². The van der Waals surface area contributed by atoms with Crippen LogP contribution in [0, 0.1) is 0 Å². The Labute approximate surface area is 125 Å². The molecule has 0 spiro atoms. The van der Waals surface area contributed by atoms with E-state index in [1.165, 1.54) is 5.56 Å². The van der Waals surface area contributed by atoms with Crippen molar-refractivity contribution >= 4 is 11.6 Å². The highest BCUT2D eigenvalue weighted by atomic mass is 35.5. The summed E-state index contributed by atoms with van der Waals surface area (Å²) in [6, 6.07) is 4.02. The van der Waals surface area contributed by atoms with Gasteiger partial charge in [0, 0.05) is 13.7 Å². The number of rotatable bonds is 8. The van der Waals surface area contributed by atoms with E-state index >= 15 is 0 Å². The molecule has 0 fully saturated rings. The number of aryl methyl sites for hydroxylation is 1. The standard InChI is InChI=1S/C15H22ClNO3/c1-18-7-6-17-5-3-2-4-12-10-13(16)15-14(11-12)19-8-9-20-15/h10-11,17H,2-9H2,1H3. The summed E-state index contributed by atoms with van der Waals surface area (Å²) in [6.45, 7) is 3.85. The van der Waals surface area contributed by atoms with Crippen molar-refractivity contribution in [2.75, 3.05) is 40.0 Å². The molecule has 5 heteroatoms. The lowest BCUT2D eigenvalue weighted by atomic mass is 10.1. The van der Waals surface area contributed by atoms with E-state index in [0.717, 1.165) is 44.7 Å². The Balaban J connectivity index is 1.74. The highest BCUT2D eigenvalue weighted by Gasteiger charge is 2.16. The van der Waals surface area contributed by atoms with Crippen LogP contribution < -0.4 is 14.8 Å². The number of hydrogen-bond donors (Lipinski definition) is 1. The number of unbranched alkanes of at least 4 members (excludes halogenated alkanes) is 1. The lowest BCUT2D eigenvalue weighted by molar-refractivity contribution is 0.171. The highest BCUT2D eigenvalue weighted by molar-refractivity contribution is 6.32. The summed E-state index contributed by atoms with van der Waals surface area (Å²) in [5.74, 6) is 1.46. The number of methoxy groups -OCH3 is 1. The monoisotopic (exact) mass is 299 g/mol. The summed E-state index contributed by atoms with van der Waals surface area (Å²) in [6.07, 6.45) is 3.26. The van der Waals surface area contributed by atoms with Gasteiger partial charge in [0.25, 0.3) is 0 Å². The maximum atomic E-state index is 6.21. The molecule has 0 saturated heterocycles. The fourth-order valence-corrected chi connectivity index (χ4v) is 2.47. The van der Waals surface area contributed by atoms with Crippen molar-refractivity contribution < 1.29 is 14.2 Å². The van der Waals surface area contributed by atoms with Gasteiger partial charge >= 0.3 is 0 Å². The lowest BCUT2D eigenvalue weighted by Gasteiger charge is -2.20. The van der Waals surface area contributed by atoms with Gasteiger partial charge in [0.2, 0.25) is 0 Å². The Hall–Kier alpha value is -0.970. The van der Waals surface area contributed by atoms with Crippen molar-refractivity contribution in [1.29, 1.82) is 0 Å². The van der Waals surface area contributed by atoms with Gasteiger partial charge in [-0.15, -0.1) is 0 Å². The molecule has 0 amide bonds. The lowest BCUT2D eigenvalue weighted by Crippen LogP contribution is -2.20. The van der Waals surface area contributed by atoms with E-state index in [-0.39, 0.29) is 0 Å². The Kier molecular flexibility index (Phi) is 6.43. The summed E-state index contributed by atoms with van der Waals surface area (Å²) in [5, 5.41) is 3.99. The van der Waals surface area contributed by atoms with Gasteiger partial charge in [-0.2, -0.15) is 0 Å². The van der Waals surface area contributed by atoms with E-state index in [9.17, 15) is 0 Å². The first-order valence-corrected chi connectivity index (χ1v) is 7.46. The maximum Gasteiger partial charge on any atom is 0.179 e. The third-order valence-electron chi connectivity index (χ3n) is 3.21. The van der Waals surface area contributed by atoms with Gasteiger partial charge in [0.15, 0.2) is 11.5 Å². The molecule has 1 aliphatic heterocycles. The van der Waals surface area contributed by atoms with Crippen LogP contribution in [0.4, 0.5) is 0 Å². The minimum absolute atomic E-state index is 0.569. The molecule has 0 atom stereocenters. The topological polar surface area (TPSA) is 39.7 Å². The molecule has 20 heavy (non-hydrogen) atoms. The summed E-state index contributed by atoms with van der Waals surface area (Å²) in [5.41, 5.74) is 1.20. The third kappa shape index (κ3) is 4.54. The van der Waals surface area contributed by atoms with Crippen molar-refractivity contribution in [2.24, 2.45) is 0 Å². The van der Waals surface area contributed by atoms with Crippen LogP contribution in [0.5, 0.6) is 11.5 Å². The summed E-state index contributed by atoms with van der Waals surface area (Å²) in [7, 11) is 1.72. The Bertz CT molecular complexity index is 426. The Morgan fingerprint density at radius 2 is 2.05 bits per heavy atom. The van der Waals surface area contributed by atoms with Crippen LogP contribution in [0.15, 0.2) is 12.1 Å². The second-order valence-corrected chi connectivity index (χ2v) is 5.21. The smallest absolute Gasteiger partial charge is 0.179 e. The highest BCUT2D eigenvalue weighted by Crippen LogP contribution is 2.38. The molecule has 0 bridgehead atoms. The second kappa shape index (κ2) is 8.35. The van der Waals surface area contributed by atoms with Crippen LogP contribution in [-0.4, -0.2) is 40.0 Å². The molecule has 1 aromatic rings. The van der Waals surface area contributed by atoms with Crippen LogP contribution in [0.1, 0.15) is 18.4 Å². The second-order valence-electron chi connectivity index (χ2n) is 4.80. The van der Waals surface area contributed by atoms with Crippen molar-refractivity contribution in [2.45, 2.75) is 19.3 Å². The Morgan fingerprint density at radius 1 is 1.20 bits per heavy atom. The molecule has 1 aromatic carbocycles. The van der Waals surface area contributed by atoms with Gasteiger partial charge < -0.3 is 19.5 Å². The van der Waals surface area contributed by atoms with E-state index in [1.807, 2.05) is 12.1 Å². The number of hydrogen-bond acceptors (Lipinski definition) is 4. The fourth-order valence-electron chi connectivity index (χ4n) is 2.19. The molecule has 0 saturated carbocycles. The molecule has 0 radical (unpaired) electrons. The molecular weight excluding hydrogens is 278 g/mol. The normalized spacial score (nSPS) is 13.5. The van der Waals surface area contributed by atoms with Gasteiger partial charge in [-0.25, -0.2) is 0 Å². The molecule has 0 aromatic heterocycles. The first-order valence-electron chi connectivity index (χ1n) is 7.09. The molecule has 1 N–H and O–H groups in total. The number of nitrogens with one attached hydrogen (secondary N) is 1. The van der Waals surface area contributed by atoms with Crippen molar-refractivity contribution in [3.05, 3.63) is 22.7 Å². The van der Waals surface area contributed by atoms with Crippen LogP contribution in [0.25, 0.3) is 0 Å². The van der Waals surface area contributed by atoms with Gasteiger partial charge in [0.1, 0.15) is 13.2 Å². The zero-order valence-electron chi connectivity index (χ0n) is 11.9. The predicted octanol–water partition coefficient (Wildman–Crippen LogP) is 2.67. The van der Waals surface area contributed by atoms with E-state index in [1.54, 1.807) is 7.11 Å². The quantitative estimate of drug-likeness (QED) is 0.749. The maximum absolute atomic E-state index is 6.21. The number of halogens is 1. The first-order chi connectivity index (χ1) is 9.81. The molecule has 0 aliphatic carbocycles. The first kappa shape index (κ1) is 15.4. The predicted molar refractivity (Wildman–Crippen MR) is 80.1 cm³/mol. The minimum Gasteiger partial charge on any atom is -0.486 e. The van der Waals surface area contributed by atoms with Gasteiger partial charge in [0.05, 0.1) is 11.6 Å². The van der Waals surface area contributed by atoms with Crippen LogP contribution in [-0.2, 0) is 11.2 Å². The number of fused-ring (bicyclic) bond motifs is 1. The van der Waals surface area contributed by atoms with Gasteiger partial charge in [-0.1, -0.05) is 11.6 Å². The molecule has 112 valence electrons. The van der Waals surface area contributed by atoms with Crippen molar-refractivity contribution in [3.63, 3.8) is 0 Å². The average Bonchev–Trinajstić information content (AvgIpc) is 2.46. The molecule has 4 nitrogen and oxygen atoms in total. The van der Waals surface area contributed by atoms with E-state index in [0.29, 0.717) is 24.0 Å². The third-order valence-corrected chi connectivity index (χ3v) is 3.49. The number of ether oxygens (including phenoxy) is 3. The minimum atomic E-state index is 0.569. The van der Waals surface area contributed by atoms with Crippen molar-refractivity contribution in [1.82, 2.24) is 5.32 Å². The van der Waals surface area contributed by atoms with Crippen LogP contribution in [0.3, 0.4) is 0 Å². The number of benzene rings is 1. The Morgan fingerprint density at radius 3 is 2.90 bits per heavy atom. The fraction of sp³-hybridized carbons (Fsp3) is 0.600. The van der Waals surface area contributed by atoms with Crippen LogP contribution >= 0.6 is 11.6 Å². The van der Waals surface area contributed by atoms with E-state index in [4.69, 9.17) is 25.8 Å². The summed E-state index contributed by atoms with van der Waals surface area (Å²) < 4.78 is 16.1. The summed E-state index contributed by atoms with van der Waals surface area (Å²) in [4.78, 5) is 0. The van der Waals surface area contributed by atoms with Gasteiger partial charge in [-0.05, 0) is 43.5 Å². The SMILES string of the molecule is COCCNCCCCc1cc(Cl)c2c(c1)OCCO2. The molecular formula is C15H22ClNO3. The zero-order chi connectivity index (χ0) is 14.2. The average molecular weight is 300 g/mol.